The summed E-state index contributed by atoms with van der Waals surface area (Å²) in [6.45, 7) is 3.82. The molecule has 3 nitrogen and oxygen atoms in total. The number of rotatable bonds is 7. The maximum Gasteiger partial charge on any atom is 0.0559 e. The van der Waals surface area contributed by atoms with Gasteiger partial charge in [0.25, 0.3) is 0 Å². The Hall–Kier alpha value is -3.17. The molecule has 2 aromatic heterocycles. The lowest BCUT2D eigenvalue weighted by Crippen LogP contribution is -2.27. The molecule has 3 heteroatoms. The first kappa shape index (κ1) is 18.2. The van der Waals surface area contributed by atoms with Crippen molar-refractivity contribution >= 4 is 10.9 Å². The van der Waals surface area contributed by atoms with Crippen LogP contribution in [0, 0.1) is 0 Å². The van der Waals surface area contributed by atoms with Crippen molar-refractivity contribution in [1.82, 2.24) is 14.9 Å². The summed E-state index contributed by atoms with van der Waals surface area (Å²) in [6, 6.07) is 23.6. The first-order valence-electron chi connectivity index (χ1n) is 9.71. The van der Waals surface area contributed by atoms with E-state index in [0.717, 1.165) is 13.1 Å². The first-order chi connectivity index (χ1) is 13.8. The number of hydrogen-bond acceptors (Lipinski definition) is 2. The zero-order valence-corrected chi connectivity index (χ0v) is 16.1. The second-order valence-corrected chi connectivity index (χ2v) is 7.01. The van der Waals surface area contributed by atoms with E-state index in [9.17, 15) is 0 Å². The van der Waals surface area contributed by atoms with Crippen molar-refractivity contribution in [2.75, 3.05) is 0 Å². The predicted octanol–water partition coefficient (Wildman–Crippen LogP) is 5.88. The molecule has 0 saturated heterocycles. The molecule has 140 valence electrons. The molecule has 0 fully saturated rings. The second kappa shape index (κ2) is 8.68. The average Bonchev–Trinajstić information content (AvgIpc) is 3.17. The Morgan fingerprint density at radius 1 is 0.893 bits per heavy atom. The number of pyridine rings is 1. The molecule has 0 spiro atoms. The zero-order valence-electron chi connectivity index (χ0n) is 16.1. The molecular weight excluding hydrogens is 342 g/mol. The fourth-order valence-electron chi connectivity index (χ4n) is 3.74. The van der Waals surface area contributed by atoms with E-state index in [1.807, 2.05) is 12.4 Å². The number of aromatic nitrogens is 2. The molecule has 0 aliphatic heterocycles. The van der Waals surface area contributed by atoms with Crippen molar-refractivity contribution < 1.29 is 0 Å². The lowest BCUT2D eigenvalue weighted by atomic mass is 10.0. The third kappa shape index (κ3) is 4.05. The number of H-pyrrole nitrogens is 1. The summed E-state index contributed by atoms with van der Waals surface area (Å²) in [5.74, 6) is 0. The molecule has 4 rings (SSSR count). The van der Waals surface area contributed by atoms with Crippen LogP contribution in [0.25, 0.3) is 10.9 Å². The Labute approximate surface area is 166 Å². The van der Waals surface area contributed by atoms with Crippen LogP contribution in [0.4, 0.5) is 0 Å². The summed E-state index contributed by atoms with van der Waals surface area (Å²) in [7, 11) is 0. The van der Waals surface area contributed by atoms with E-state index in [4.69, 9.17) is 0 Å². The average molecular weight is 367 g/mol. The Morgan fingerprint density at radius 2 is 1.57 bits per heavy atom. The van der Waals surface area contributed by atoms with Crippen LogP contribution in [0.1, 0.15) is 29.7 Å². The Kier molecular flexibility index (Phi) is 5.64. The van der Waals surface area contributed by atoms with E-state index in [-0.39, 0.29) is 6.04 Å². The summed E-state index contributed by atoms with van der Waals surface area (Å²) in [6.07, 6.45) is 10.3. The molecule has 0 bridgehead atoms. The molecule has 28 heavy (non-hydrogen) atoms. The number of hydrogen-bond donors (Lipinski definition) is 1. The lowest BCUT2D eigenvalue weighted by Gasteiger charge is -2.30. The maximum absolute atomic E-state index is 4.17. The second-order valence-electron chi connectivity index (χ2n) is 7.01. The van der Waals surface area contributed by atoms with Gasteiger partial charge in [0.15, 0.2) is 0 Å². The van der Waals surface area contributed by atoms with Gasteiger partial charge in [-0.15, -0.1) is 0 Å². The molecule has 1 unspecified atom stereocenters. The van der Waals surface area contributed by atoms with Crippen LogP contribution in [0.15, 0.2) is 97.5 Å². The van der Waals surface area contributed by atoms with E-state index in [0.29, 0.717) is 0 Å². The van der Waals surface area contributed by atoms with Crippen LogP contribution < -0.4 is 0 Å². The van der Waals surface area contributed by atoms with Crippen LogP contribution in [-0.4, -0.2) is 14.9 Å². The number of benzene rings is 2. The standard InChI is InChI=1S/C25H25N3/c1-2-8-25(23-17-27-24-12-7-6-11-22(23)24)28(18-20-9-4-3-5-10-20)19-21-13-15-26-16-14-21/h2-17,25,27H,18-19H2,1H3. The molecule has 1 atom stereocenters. The van der Waals surface area contributed by atoms with E-state index in [2.05, 4.69) is 107 Å². The Morgan fingerprint density at radius 3 is 2.32 bits per heavy atom. The van der Waals surface area contributed by atoms with Gasteiger partial charge in [0, 0.05) is 42.6 Å². The number of para-hydroxylation sites is 1. The van der Waals surface area contributed by atoms with Crippen molar-refractivity contribution in [1.29, 1.82) is 0 Å². The summed E-state index contributed by atoms with van der Waals surface area (Å²) in [5, 5.41) is 1.28. The topological polar surface area (TPSA) is 31.9 Å². The highest BCUT2D eigenvalue weighted by Crippen LogP contribution is 2.31. The van der Waals surface area contributed by atoms with E-state index in [1.54, 1.807) is 0 Å². The monoisotopic (exact) mass is 367 g/mol. The fourth-order valence-corrected chi connectivity index (χ4v) is 3.74. The molecule has 2 aromatic carbocycles. The smallest absolute Gasteiger partial charge is 0.0559 e. The van der Waals surface area contributed by atoms with Crippen molar-refractivity contribution in [3.63, 3.8) is 0 Å². The van der Waals surface area contributed by atoms with Crippen LogP contribution in [0.5, 0.6) is 0 Å². The Balaban J connectivity index is 1.74. The van der Waals surface area contributed by atoms with Crippen molar-refractivity contribution in [2.45, 2.75) is 26.1 Å². The van der Waals surface area contributed by atoms with Gasteiger partial charge in [0.05, 0.1) is 6.04 Å². The van der Waals surface area contributed by atoms with Crippen LogP contribution >= 0.6 is 0 Å². The Bertz CT molecular complexity index is 994. The van der Waals surface area contributed by atoms with E-state index in [1.165, 1.54) is 27.6 Å². The number of fused-ring (bicyclic) bond motifs is 1. The summed E-state index contributed by atoms with van der Waals surface area (Å²) in [4.78, 5) is 10.1. The highest BCUT2D eigenvalue weighted by molar-refractivity contribution is 5.83. The van der Waals surface area contributed by atoms with Gasteiger partial charge in [-0.3, -0.25) is 9.88 Å². The SMILES string of the molecule is CC=CC(c1c[nH]c2ccccc12)N(Cc1ccccc1)Cc1ccncc1. The van der Waals surface area contributed by atoms with Crippen LogP contribution in [-0.2, 0) is 13.1 Å². The van der Waals surface area contributed by atoms with Gasteiger partial charge < -0.3 is 4.98 Å². The molecule has 0 radical (unpaired) electrons. The summed E-state index contributed by atoms with van der Waals surface area (Å²) in [5.41, 5.74) is 5.06. The van der Waals surface area contributed by atoms with Crippen molar-refractivity contribution in [3.8, 4) is 0 Å². The van der Waals surface area contributed by atoms with Crippen LogP contribution in [0.2, 0.25) is 0 Å². The number of allylic oxidation sites excluding steroid dienone is 1. The number of aromatic amines is 1. The van der Waals surface area contributed by atoms with Gasteiger partial charge in [0.1, 0.15) is 0 Å². The summed E-state index contributed by atoms with van der Waals surface area (Å²) >= 11 is 0. The van der Waals surface area contributed by atoms with Gasteiger partial charge in [-0.05, 0) is 41.8 Å². The van der Waals surface area contributed by atoms with E-state index < -0.39 is 0 Å². The minimum atomic E-state index is 0.175. The van der Waals surface area contributed by atoms with Gasteiger partial charge in [-0.25, -0.2) is 0 Å². The molecule has 1 N–H and O–H groups in total. The molecule has 0 saturated carbocycles. The first-order valence-corrected chi connectivity index (χ1v) is 9.71. The molecule has 4 aromatic rings. The van der Waals surface area contributed by atoms with E-state index >= 15 is 0 Å². The maximum atomic E-state index is 4.17. The molecule has 0 aliphatic rings. The van der Waals surface area contributed by atoms with Crippen LogP contribution in [0.3, 0.4) is 0 Å². The molecule has 0 aliphatic carbocycles. The van der Waals surface area contributed by atoms with Gasteiger partial charge in [-0.2, -0.15) is 0 Å². The van der Waals surface area contributed by atoms with Crippen molar-refractivity contribution in [3.05, 3.63) is 114 Å². The minimum absolute atomic E-state index is 0.175. The minimum Gasteiger partial charge on any atom is -0.361 e. The fraction of sp³-hybridized carbons (Fsp3) is 0.160. The number of nitrogens with zero attached hydrogens (tertiary/aromatic N) is 2. The lowest BCUT2D eigenvalue weighted by molar-refractivity contribution is 0.213. The quantitative estimate of drug-likeness (QED) is 0.414. The van der Waals surface area contributed by atoms with Gasteiger partial charge >= 0.3 is 0 Å². The highest BCUT2D eigenvalue weighted by atomic mass is 15.2. The summed E-state index contributed by atoms with van der Waals surface area (Å²) < 4.78 is 0. The van der Waals surface area contributed by atoms with Crippen molar-refractivity contribution in [2.24, 2.45) is 0 Å². The highest BCUT2D eigenvalue weighted by Gasteiger charge is 2.21. The largest absolute Gasteiger partial charge is 0.361 e. The predicted molar refractivity (Wildman–Crippen MR) is 116 cm³/mol. The third-order valence-corrected chi connectivity index (χ3v) is 5.07. The molecular formula is C25H25N3. The zero-order chi connectivity index (χ0) is 19.2. The van der Waals surface area contributed by atoms with Gasteiger partial charge in [-0.1, -0.05) is 60.7 Å². The third-order valence-electron chi connectivity index (χ3n) is 5.07. The molecule has 2 heterocycles. The number of nitrogens with one attached hydrogen (secondary N) is 1. The van der Waals surface area contributed by atoms with Gasteiger partial charge in [0.2, 0.25) is 0 Å². The molecule has 0 amide bonds. The normalized spacial score (nSPS) is 12.8.